The number of nitrogens with one attached hydrogen (secondary N) is 6. The number of amides is 1. The third-order valence-corrected chi connectivity index (χ3v) is 27.2. The van der Waals surface area contributed by atoms with Crippen molar-refractivity contribution in [2.75, 3.05) is 57.9 Å². The molecule has 2 aromatic rings. The molecule has 11 aliphatic rings. The van der Waals surface area contributed by atoms with Gasteiger partial charge in [0.25, 0.3) is 0 Å². The minimum atomic E-state index is -1.72. The Labute approximate surface area is 509 Å². The number of aliphatic carboxylic acids is 1. The molecule has 87 heavy (non-hydrogen) atoms. The molecule has 0 aromatic carbocycles. The summed E-state index contributed by atoms with van der Waals surface area (Å²) in [5.74, 6) is 1.86. The van der Waals surface area contributed by atoms with Crippen LogP contribution in [0.15, 0.2) is 30.5 Å². The largest absolute Gasteiger partial charge is 0.481 e. The number of aliphatic hydroxyl groups is 8. The molecule has 480 valence electrons. The molecule has 13 rings (SSSR count). The standard InChI is InChI=1S/C65H97N9O13/c1-6-67-19-20-68-25-35(53(66)82)48(78)46(43-27-69-31-71-43)47-38-22-39-49(79)52(87-55-51(81)50(80)44(77)28-86-55)59(3,30-76)45-12-16-60(4)64-14-8-15-65(60,61(39,45)5)34(11-10-33-9-7-13-62(33,38)56(83)74-47)21-36(64)40-24-58(2,29-75)17-18-63(40,57(84)85)41-26-70-54-42(23-37(41)64)72-32-73-54/h21,27,31-35,37-41,44-53,55,67-68,70,75-82H,6-9,12-20,22-26,28-30,66H2,1-5H3,(H,69,71)(H,72,73)(H,74,83)(H,84,85)/t33-,34+,35+,37-,38+,39-,40+,41+,44-,45-,46+,47-,48+,49-,50+,51-,52-,53+,55+,58+,59+,60+,61+,62+,63-,64+,65+/m1/s1. The lowest BCUT2D eigenvalue weighted by molar-refractivity contribution is -0.366. The number of imidazole rings is 2. The number of carboxylic acids is 1. The summed E-state index contributed by atoms with van der Waals surface area (Å²) in [7, 11) is 0. The van der Waals surface area contributed by atoms with Crippen molar-refractivity contribution in [3.8, 4) is 11.8 Å². The maximum Gasteiger partial charge on any atom is 0.310 e. The fourth-order valence-electron chi connectivity index (χ4n) is 23.3. The van der Waals surface area contributed by atoms with Crippen molar-refractivity contribution in [2.24, 2.45) is 102 Å². The first-order chi connectivity index (χ1) is 41.5. The second kappa shape index (κ2) is 22.1. The number of rotatable bonds is 16. The Morgan fingerprint density at radius 3 is 2.43 bits per heavy atom. The van der Waals surface area contributed by atoms with Gasteiger partial charge in [-0.2, -0.15) is 0 Å². The van der Waals surface area contributed by atoms with E-state index in [0.717, 1.165) is 36.5 Å². The summed E-state index contributed by atoms with van der Waals surface area (Å²) in [4.78, 5) is 46.8. The summed E-state index contributed by atoms with van der Waals surface area (Å²) < 4.78 is 13.0. The Kier molecular flexibility index (Phi) is 15.7. The zero-order valence-corrected chi connectivity index (χ0v) is 51.3. The molecule has 17 N–H and O–H groups in total. The lowest BCUT2D eigenvalue weighted by atomic mass is 9.21. The van der Waals surface area contributed by atoms with E-state index in [9.17, 15) is 50.8 Å². The first-order valence-corrected chi connectivity index (χ1v) is 32.8. The van der Waals surface area contributed by atoms with E-state index in [-0.39, 0.29) is 43.9 Å². The minimum absolute atomic E-state index is 0.0944. The number of nitrogens with zero attached hydrogens (tertiary/aromatic N) is 2. The van der Waals surface area contributed by atoms with Crippen molar-refractivity contribution < 1.29 is 65.0 Å². The third kappa shape index (κ3) is 8.32. The second-order valence-electron chi connectivity index (χ2n) is 30.1. The van der Waals surface area contributed by atoms with E-state index < -0.39 is 158 Å². The Morgan fingerprint density at radius 2 is 1.70 bits per heavy atom. The van der Waals surface area contributed by atoms with Crippen molar-refractivity contribution in [3.05, 3.63) is 41.9 Å². The highest BCUT2D eigenvalue weighted by atomic mass is 16.7. The molecule has 27 atom stereocenters. The van der Waals surface area contributed by atoms with Crippen molar-refractivity contribution in [2.45, 2.75) is 179 Å². The number of fused-ring (bicyclic) bond motifs is 5. The summed E-state index contributed by atoms with van der Waals surface area (Å²) in [6, 6.07) is -0.839. The fourth-order valence-corrected chi connectivity index (χ4v) is 23.3. The highest BCUT2D eigenvalue weighted by molar-refractivity contribution is 5.87. The number of nitrogens with two attached hydrogens (primary N) is 1. The quantitative estimate of drug-likeness (QED) is 0.0374. The van der Waals surface area contributed by atoms with Crippen LogP contribution in [0.4, 0.5) is 5.82 Å². The summed E-state index contributed by atoms with van der Waals surface area (Å²) in [6.07, 6.45) is 2.69. The zero-order valence-electron chi connectivity index (χ0n) is 51.3. The van der Waals surface area contributed by atoms with Crippen molar-refractivity contribution in [1.82, 2.24) is 35.9 Å². The van der Waals surface area contributed by atoms with Crippen molar-refractivity contribution in [1.29, 1.82) is 0 Å². The van der Waals surface area contributed by atoms with Crippen molar-refractivity contribution >= 4 is 17.7 Å². The Bertz CT molecular complexity index is 3010. The van der Waals surface area contributed by atoms with Gasteiger partial charge in [-0.05, 0) is 134 Å². The number of aromatic nitrogens is 4. The molecule has 2 bridgehead atoms. The highest BCUT2D eigenvalue weighted by Gasteiger charge is 2.84. The molecular weight excluding hydrogens is 1110 g/mol. The van der Waals surface area contributed by atoms with Crippen LogP contribution in [-0.4, -0.2) is 185 Å². The molecular formula is C65H97N9O13. The van der Waals surface area contributed by atoms with E-state index in [1.807, 2.05) is 13.8 Å². The van der Waals surface area contributed by atoms with Crippen molar-refractivity contribution in [3.63, 3.8) is 0 Å². The number of aromatic amines is 2. The average molecular weight is 1210 g/mol. The minimum Gasteiger partial charge on any atom is -0.481 e. The van der Waals surface area contributed by atoms with Gasteiger partial charge in [0.05, 0.1) is 60.7 Å². The summed E-state index contributed by atoms with van der Waals surface area (Å²) in [5, 5.41) is 122. The number of hydrogen-bond donors (Lipinski definition) is 16. The molecule has 8 aliphatic carbocycles. The van der Waals surface area contributed by atoms with Crippen LogP contribution in [0, 0.1) is 108 Å². The molecule has 3 spiro atoms. The molecule has 0 radical (unpaired) electrons. The highest BCUT2D eigenvalue weighted by Crippen LogP contribution is 2.87. The van der Waals surface area contributed by atoms with Gasteiger partial charge in [-0.15, -0.1) is 0 Å². The predicted molar refractivity (Wildman–Crippen MR) is 317 cm³/mol. The van der Waals surface area contributed by atoms with Crippen LogP contribution in [0.2, 0.25) is 0 Å². The van der Waals surface area contributed by atoms with Crippen LogP contribution in [0.1, 0.15) is 129 Å². The van der Waals surface area contributed by atoms with Gasteiger partial charge in [0.15, 0.2) is 6.29 Å². The molecule has 22 heteroatoms. The second-order valence-corrected chi connectivity index (χ2v) is 30.1. The SMILES string of the molecule is CCNCCNC[C@@H]([C@H](O)[C@@H](c1cnc[nH]1)[C@@H]1NC(=O)[C@@]23CCC[C@@H]2C#C[C@H]2C=C4[C@@H]5C[C@@](C)(CO)CC[C@]5(C(=O)O)[C@H]5CNc6nc[nH]c6C[C@H]5[C@]45CCC[C@]24[C@@]2(C)[C@H](C[C@@H]13)[C@@H](O)[C@@H](O[C@@H]1OC[C@@H](O)[C@H](O)[C@H]1O)[C@@](C)(CO)[C@H]2CC[C@]45C)[C@@H](N)O. The molecule has 5 heterocycles. The Hall–Kier alpha value is -4.06. The number of likely N-dealkylation sites (N-methyl/N-ethyl adjacent to an activating group) is 1. The number of aliphatic hydroxyl groups excluding tert-OH is 8. The molecule has 2 aromatic heterocycles. The molecule has 8 fully saturated rings. The monoisotopic (exact) mass is 1210 g/mol. The topological polar surface area (TPSA) is 366 Å². The maximum absolute atomic E-state index is 16.0. The Balaban J connectivity index is 1.06. The lowest BCUT2D eigenvalue weighted by Crippen LogP contribution is -2.80. The fraction of sp³-hybridized carbons (Fsp3) is 0.815. The Morgan fingerprint density at radius 1 is 0.908 bits per heavy atom. The first-order valence-electron chi connectivity index (χ1n) is 32.8. The maximum atomic E-state index is 16.0. The van der Waals surface area contributed by atoms with Gasteiger partial charge in [-0.1, -0.05) is 71.0 Å². The summed E-state index contributed by atoms with van der Waals surface area (Å²) in [6.45, 7) is 12.4. The number of carboxylic acid groups (broad SMARTS) is 1. The smallest absolute Gasteiger partial charge is 0.310 e. The number of ether oxygens (including phenoxy) is 2. The van der Waals surface area contributed by atoms with Gasteiger partial charge >= 0.3 is 5.97 Å². The number of allylic oxidation sites excluding steroid dienone is 2. The predicted octanol–water partition coefficient (Wildman–Crippen LogP) is 1.71. The van der Waals surface area contributed by atoms with E-state index in [1.54, 1.807) is 12.5 Å². The van der Waals surface area contributed by atoms with Gasteiger partial charge in [-0.25, -0.2) is 9.97 Å². The zero-order chi connectivity index (χ0) is 61.6. The number of carbonyl (C=O) groups excluding carboxylic acids is 1. The number of hydrogen-bond acceptors (Lipinski definition) is 18. The van der Waals surface area contributed by atoms with Gasteiger partial charge in [0.2, 0.25) is 5.91 Å². The normalized spacial score (nSPS) is 48.0. The van der Waals surface area contributed by atoms with E-state index in [0.29, 0.717) is 89.5 Å². The van der Waals surface area contributed by atoms with Gasteiger partial charge in [0, 0.05) is 85.2 Å². The molecule has 22 nitrogen and oxygen atoms in total. The molecule has 2 saturated heterocycles. The first kappa shape index (κ1) is 61.8. The molecule has 3 aliphatic heterocycles. The van der Waals surface area contributed by atoms with Gasteiger partial charge in [0.1, 0.15) is 30.4 Å². The van der Waals surface area contributed by atoms with Gasteiger partial charge in [-0.3, -0.25) is 9.59 Å². The average Bonchev–Trinajstić information content (AvgIpc) is 1.59. The van der Waals surface area contributed by atoms with Crippen LogP contribution in [0.3, 0.4) is 0 Å². The van der Waals surface area contributed by atoms with Crippen LogP contribution < -0.4 is 27.0 Å². The third-order valence-electron chi connectivity index (χ3n) is 27.2. The van der Waals surface area contributed by atoms with Crippen LogP contribution in [-0.2, 0) is 25.5 Å². The summed E-state index contributed by atoms with van der Waals surface area (Å²) >= 11 is 0. The van der Waals surface area contributed by atoms with E-state index >= 15 is 4.79 Å². The van der Waals surface area contributed by atoms with E-state index in [4.69, 9.17) is 20.2 Å². The van der Waals surface area contributed by atoms with E-state index in [1.165, 1.54) is 6.33 Å². The lowest BCUT2D eigenvalue weighted by Gasteiger charge is -2.83. The summed E-state index contributed by atoms with van der Waals surface area (Å²) in [5.41, 5.74) is 1.64. The number of anilines is 1. The van der Waals surface area contributed by atoms with E-state index in [2.05, 4.69) is 74.9 Å². The van der Waals surface area contributed by atoms with Crippen LogP contribution in [0.5, 0.6) is 0 Å². The van der Waals surface area contributed by atoms with Crippen LogP contribution in [0.25, 0.3) is 0 Å². The number of H-pyrrole nitrogens is 2. The number of carbonyl (C=O) groups is 2. The van der Waals surface area contributed by atoms with Gasteiger partial charge < -0.3 is 92.4 Å². The molecule has 0 unspecified atom stereocenters. The van der Waals surface area contributed by atoms with Crippen LogP contribution >= 0.6 is 0 Å². The molecule has 1 amide bonds. The molecule has 6 saturated carbocycles.